The van der Waals surface area contributed by atoms with Gasteiger partial charge in [0.15, 0.2) is 0 Å². The highest BCUT2D eigenvalue weighted by molar-refractivity contribution is 5.96. The van der Waals surface area contributed by atoms with Crippen molar-refractivity contribution in [2.75, 3.05) is 18.0 Å². The number of fused-ring (bicyclic) bond motifs is 1. The van der Waals surface area contributed by atoms with E-state index in [1.807, 2.05) is 38.1 Å². The standard InChI is InChI=1S/C18H27N3O2.ClH/c1-3-18(19,4-2)13-20-16(22)11-12-21-15-8-6-5-7-14(15)9-10-17(21)23;/h5-8H,3-4,9-13,19H2,1-2H3,(H,20,22);1H. The second kappa shape index (κ2) is 9.04. The molecule has 0 bridgehead atoms. The summed E-state index contributed by atoms with van der Waals surface area (Å²) in [5.74, 6) is 0.0318. The van der Waals surface area contributed by atoms with Gasteiger partial charge in [-0.15, -0.1) is 12.4 Å². The Morgan fingerprint density at radius 2 is 1.92 bits per heavy atom. The van der Waals surface area contributed by atoms with Crippen LogP contribution in [0.1, 0.15) is 45.1 Å². The number of hydrogen-bond donors (Lipinski definition) is 2. The second-order valence-corrected chi connectivity index (χ2v) is 6.27. The number of halogens is 1. The topological polar surface area (TPSA) is 75.4 Å². The highest BCUT2D eigenvalue weighted by Gasteiger charge is 2.25. The van der Waals surface area contributed by atoms with Gasteiger partial charge < -0.3 is 16.0 Å². The van der Waals surface area contributed by atoms with Crippen molar-refractivity contribution in [3.63, 3.8) is 0 Å². The zero-order valence-electron chi connectivity index (χ0n) is 14.5. The molecule has 0 saturated carbocycles. The molecule has 0 spiro atoms. The third-order valence-corrected chi connectivity index (χ3v) is 4.80. The van der Waals surface area contributed by atoms with E-state index in [0.29, 0.717) is 25.9 Å². The van der Waals surface area contributed by atoms with Crippen molar-refractivity contribution < 1.29 is 9.59 Å². The first kappa shape index (κ1) is 20.5. The molecule has 1 heterocycles. The molecular formula is C18H28ClN3O2. The zero-order valence-corrected chi connectivity index (χ0v) is 15.3. The smallest absolute Gasteiger partial charge is 0.227 e. The van der Waals surface area contributed by atoms with E-state index in [0.717, 1.165) is 24.9 Å². The van der Waals surface area contributed by atoms with Crippen LogP contribution in [0.25, 0.3) is 0 Å². The van der Waals surface area contributed by atoms with Crippen LogP contribution in [0.3, 0.4) is 0 Å². The van der Waals surface area contributed by atoms with Gasteiger partial charge in [0.1, 0.15) is 0 Å². The minimum absolute atomic E-state index is 0. The molecule has 1 aromatic carbocycles. The van der Waals surface area contributed by atoms with Crippen LogP contribution in [-0.4, -0.2) is 30.4 Å². The van der Waals surface area contributed by atoms with Crippen LogP contribution in [-0.2, 0) is 16.0 Å². The average Bonchev–Trinajstić information content (AvgIpc) is 2.58. The van der Waals surface area contributed by atoms with Crippen molar-refractivity contribution in [1.29, 1.82) is 0 Å². The molecule has 0 aliphatic carbocycles. The quantitative estimate of drug-likeness (QED) is 0.790. The number of carbonyl (C=O) groups is 2. The Kier molecular flexibility index (Phi) is 7.70. The van der Waals surface area contributed by atoms with E-state index in [4.69, 9.17) is 5.73 Å². The van der Waals surface area contributed by atoms with E-state index in [2.05, 4.69) is 5.32 Å². The minimum atomic E-state index is -0.344. The molecule has 6 heteroatoms. The number of para-hydroxylation sites is 1. The Balaban J connectivity index is 0.00000288. The number of nitrogens with zero attached hydrogens (tertiary/aromatic N) is 1. The Morgan fingerprint density at radius 3 is 2.58 bits per heavy atom. The molecule has 5 nitrogen and oxygen atoms in total. The SMILES string of the molecule is CCC(N)(CC)CNC(=O)CCN1C(=O)CCc2ccccc21.Cl. The first-order valence-corrected chi connectivity index (χ1v) is 8.43. The average molecular weight is 354 g/mol. The van der Waals surface area contributed by atoms with Gasteiger partial charge in [-0.2, -0.15) is 0 Å². The molecule has 0 saturated heterocycles. The number of aryl methyl sites for hydroxylation is 1. The summed E-state index contributed by atoms with van der Waals surface area (Å²) < 4.78 is 0. The molecule has 3 N–H and O–H groups in total. The summed E-state index contributed by atoms with van der Waals surface area (Å²) in [6, 6.07) is 7.90. The van der Waals surface area contributed by atoms with Crippen LogP contribution < -0.4 is 16.0 Å². The van der Waals surface area contributed by atoms with Crippen molar-refractivity contribution >= 4 is 29.9 Å². The van der Waals surface area contributed by atoms with Crippen LogP contribution in [0, 0.1) is 0 Å². The lowest BCUT2D eigenvalue weighted by Gasteiger charge is -2.30. The van der Waals surface area contributed by atoms with Gasteiger partial charge in [0, 0.05) is 37.2 Å². The predicted molar refractivity (Wildman–Crippen MR) is 99.5 cm³/mol. The summed E-state index contributed by atoms with van der Waals surface area (Å²) >= 11 is 0. The normalized spacial score (nSPS) is 14.0. The summed E-state index contributed by atoms with van der Waals surface area (Å²) in [5, 5.41) is 2.90. The van der Waals surface area contributed by atoms with Crippen LogP contribution in [0.2, 0.25) is 0 Å². The fourth-order valence-corrected chi connectivity index (χ4v) is 2.82. The summed E-state index contributed by atoms with van der Waals surface area (Å²) in [7, 11) is 0. The third kappa shape index (κ3) is 4.95. The van der Waals surface area contributed by atoms with E-state index in [1.165, 1.54) is 5.56 Å². The molecule has 0 fully saturated rings. The number of hydrogen-bond acceptors (Lipinski definition) is 3. The van der Waals surface area contributed by atoms with Gasteiger partial charge in [-0.1, -0.05) is 32.0 Å². The Hall–Kier alpha value is -1.59. The fraction of sp³-hybridized carbons (Fsp3) is 0.556. The van der Waals surface area contributed by atoms with Gasteiger partial charge >= 0.3 is 0 Å². The Bertz CT molecular complexity index is 573. The van der Waals surface area contributed by atoms with Gasteiger partial charge in [-0.3, -0.25) is 9.59 Å². The van der Waals surface area contributed by atoms with E-state index < -0.39 is 0 Å². The monoisotopic (exact) mass is 353 g/mol. The predicted octanol–water partition coefficient (Wildman–Crippen LogP) is 2.41. The second-order valence-electron chi connectivity index (χ2n) is 6.27. The van der Waals surface area contributed by atoms with Crippen molar-refractivity contribution in [3.8, 4) is 0 Å². The van der Waals surface area contributed by atoms with Gasteiger partial charge in [-0.05, 0) is 30.9 Å². The number of rotatable bonds is 7. The lowest BCUT2D eigenvalue weighted by atomic mass is 9.94. The lowest BCUT2D eigenvalue weighted by Crippen LogP contribution is -2.49. The molecule has 2 rings (SSSR count). The molecule has 1 aliphatic rings. The summed E-state index contributed by atoms with van der Waals surface area (Å²) in [6.45, 7) is 4.94. The number of carbonyl (C=O) groups excluding carboxylic acids is 2. The molecule has 134 valence electrons. The molecule has 1 aromatic rings. The molecule has 24 heavy (non-hydrogen) atoms. The van der Waals surface area contributed by atoms with Crippen LogP contribution >= 0.6 is 12.4 Å². The van der Waals surface area contributed by atoms with Gasteiger partial charge in [0.25, 0.3) is 0 Å². The number of nitrogens with one attached hydrogen (secondary N) is 1. The van der Waals surface area contributed by atoms with E-state index >= 15 is 0 Å². The maximum Gasteiger partial charge on any atom is 0.227 e. The van der Waals surface area contributed by atoms with E-state index in [1.54, 1.807) is 4.90 Å². The Labute approximate surface area is 150 Å². The fourth-order valence-electron chi connectivity index (χ4n) is 2.82. The number of nitrogens with two attached hydrogens (primary N) is 1. The molecule has 0 aromatic heterocycles. The van der Waals surface area contributed by atoms with Crippen molar-refractivity contribution in [2.45, 2.75) is 51.5 Å². The van der Waals surface area contributed by atoms with Crippen molar-refractivity contribution in [2.24, 2.45) is 5.73 Å². The summed E-state index contributed by atoms with van der Waals surface area (Å²) in [6.07, 6.45) is 3.23. The first-order chi connectivity index (χ1) is 11.0. The summed E-state index contributed by atoms with van der Waals surface area (Å²) in [4.78, 5) is 26.0. The number of anilines is 1. The third-order valence-electron chi connectivity index (χ3n) is 4.80. The summed E-state index contributed by atoms with van der Waals surface area (Å²) in [5.41, 5.74) is 7.95. The molecule has 1 aliphatic heterocycles. The zero-order chi connectivity index (χ0) is 16.9. The first-order valence-electron chi connectivity index (χ1n) is 8.43. The van der Waals surface area contributed by atoms with E-state index in [-0.39, 0.29) is 29.8 Å². The molecule has 2 amide bonds. The van der Waals surface area contributed by atoms with Crippen LogP contribution in [0.4, 0.5) is 5.69 Å². The van der Waals surface area contributed by atoms with Crippen LogP contribution in [0.5, 0.6) is 0 Å². The maximum absolute atomic E-state index is 12.2. The van der Waals surface area contributed by atoms with Gasteiger partial charge in [0.2, 0.25) is 11.8 Å². The highest BCUT2D eigenvalue weighted by atomic mass is 35.5. The highest BCUT2D eigenvalue weighted by Crippen LogP contribution is 2.27. The van der Waals surface area contributed by atoms with Crippen molar-refractivity contribution in [3.05, 3.63) is 29.8 Å². The van der Waals surface area contributed by atoms with E-state index in [9.17, 15) is 9.59 Å². The Morgan fingerprint density at radius 1 is 1.25 bits per heavy atom. The molecule has 0 radical (unpaired) electrons. The number of benzene rings is 1. The molecule has 0 atom stereocenters. The molecule has 0 unspecified atom stereocenters. The van der Waals surface area contributed by atoms with Gasteiger partial charge in [0.05, 0.1) is 0 Å². The van der Waals surface area contributed by atoms with Crippen molar-refractivity contribution in [1.82, 2.24) is 5.32 Å². The minimum Gasteiger partial charge on any atom is -0.354 e. The molecular weight excluding hydrogens is 326 g/mol. The lowest BCUT2D eigenvalue weighted by molar-refractivity contribution is -0.121. The maximum atomic E-state index is 12.2. The number of amides is 2. The van der Waals surface area contributed by atoms with Crippen LogP contribution in [0.15, 0.2) is 24.3 Å². The van der Waals surface area contributed by atoms with Gasteiger partial charge in [-0.25, -0.2) is 0 Å². The largest absolute Gasteiger partial charge is 0.354 e.